The van der Waals surface area contributed by atoms with Crippen molar-refractivity contribution in [2.24, 2.45) is 5.92 Å². The van der Waals surface area contributed by atoms with Gasteiger partial charge in [0.05, 0.1) is 0 Å². The molecule has 0 spiro atoms. The van der Waals surface area contributed by atoms with Gasteiger partial charge in [0, 0.05) is 24.5 Å². The molecule has 0 aromatic carbocycles. The minimum atomic E-state index is -0.260. The number of aromatic amines is 1. The van der Waals surface area contributed by atoms with Crippen molar-refractivity contribution in [3.05, 3.63) is 22.9 Å². The molecule has 19 heavy (non-hydrogen) atoms. The van der Waals surface area contributed by atoms with E-state index in [9.17, 15) is 4.79 Å². The number of alkyl halides is 1. The Morgan fingerprint density at radius 3 is 2.89 bits per heavy atom. The highest BCUT2D eigenvalue weighted by molar-refractivity contribution is 6.20. The maximum Gasteiger partial charge on any atom is 0.348 e. The minimum Gasteiger partial charge on any atom is -0.356 e. The van der Waals surface area contributed by atoms with Crippen molar-refractivity contribution in [3.63, 3.8) is 0 Å². The van der Waals surface area contributed by atoms with Crippen LogP contribution < -0.4 is 10.6 Å². The topological polar surface area (TPSA) is 66.3 Å². The van der Waals surface area contributed by atoms with Gasteiger partial charge in [-0.05, 0) is 25.7 Å². The van der Waals surface area contributed by atoms with Gasteiger partial charge < -0.3 is 4.90 Å². The number of hydrogen-bond donors (Lipinski definition) is 1. The molecule has 0 radical (unpaired) electrons. The average molecular weight is 282 g/mol. The van der Waals surface area contributed by atoms with Gasteiger partial charge in [-0.2, -0.15) is 5.10 Å². The normalized spacial score (nSPS) is 18.9. The number of fused-ring (bicyclic) bond motifs is 1. The Morgan fingerprint density at radius 2 is 2.21 bits per heavy atom. The van der Waals surface area contributed by atoms with Gasteiger partial charge in [-0.3, -0.25) is 0 Å². The Kier molecular flexibility index (Phi) is 3.18. The Hall–Kier alpha value is -1.56. The van der Waals surface area contributed by atoms with E-state index in [1.807, 2.05) is 6.07 Å². The molecule has 6 nitrogen and oxygen atoms in total. The van der Waals surface area contributed by atoms with Crippen LogP contribution in [0.5, 0.6) is 0 Å². The number of hydrogen-bond acceptors (Lipinski definition) is 4. The van der Waals surface area contributed by atoms with E-state index in [-0.39, 0.29) is 11.1 Å². The van der Waals surface area contributed by atoms with Gasteiger partial charge >= 0.3 is 5.69 Å². The molecule has 2 aromatic heterocycles. The lowest BCUT2D eigenvalue weighted by Gasteiger charge is -2.33. The number of nitrogens with one attached hydrogen (secondary N) is 1. The van der Waals surface area contributed by atoms with Crippen molar-refractivity contribution in [2.75, 3.05) is 18.0 Å². The van der Waals surface area contributed by atoms with E-state index in [1.165, 1.54) is 10.7 Å². The Balaban J connectivity index is 1.80. The summed E-state index contributed by atoms with van der Waals surface area (Å²) in [6, 6.07) is 1.84. The SMILES string of the molecule is CC(Cl)C1CCN(c2cc3n[nH]c(=O)n3cn2)CC1. The molecular weight excluding hydrogens is 266 g/mol. The quantitative estimate of drug-likeness (QED) is 0.842. The molecule has 1 N–H and O–H groups in total. The summed E-state index contributed by atoms with van der Waals surface area (Å²) in [6.45, 7) is 3.95. The number of anilines is 1. The van der Waals surface area contributed by atoms with Crippen LogP contribution in [0.4, 0.5) is 5.82 Å². The highest BCUT2D eigenvalue weighted by Crippen LogP contribution is 2.26. The molecule has 1 unspecified atom stereocenters. The lowest BCUT2D eigenvalue weighted by atomic mass is 9.94. The first-order valence-corrected chi connectivity index (χ1v) is 6.90. The zero-order chi connectivity index (χ0) is 13.4. The smallest absolute Gasteiger partial charge is 0.348 e. The average Bonchev–Trinajstić information content (AvgIpc) is 2.80. The third-order valence-corrected chi connectivity index (χ3v) is 4.16. The number of aromatic nitrogens is 4. The van der Waals surface area contributed by atoms with E-state index < -0.39 is 0 Å². The van der Waals surface area contributed by atoms with Gasteiger partial charge in [0.15, 0.2) is 5.65 Å². The third kappa shape index (κ3) is 2.32. The van der Waals surface area contributed by atoms with Crippen LogP contribution in [0, 0.1) is 5.92 Å². The van der Waals surface area contributed by atoms with Gasteiger partial charge in [0.25, 0.3) is 0 Å². The van der Waals surface area contributed by atoms with Gasteiger partial charge in [0.2, 0.25) is 0 Å². The Labute approximate surface area is 115 Å². The summed E-state index contributed by atoms with van der Waals surface area (Å²) in [5, 5.41) is 6.59. The molecule has 2 aromatic rings. The lowest BCUT2D eigenvalue weighted by Crippen LogP contribution is -2.36. The second kappa shape index (κ2) is 4.85. The van der Waals surface area contributed by atoms with Crippen LogP contribution in [0.15, 0.2) is 17.2 Å². The van der Waals surface area contributed by atoms with Crippen LogP contribution in [-0.2, 0) is 0 Å². The predicted octanol–water partition coefficient (Wildman–Crippen LogP) is 1.26. The first-order valence-electron chi connectivity index (χ1n) is 6.47. The van der Waals surface area contributed by atoms with Crippen molar-refractivity contribution >= 4 is 23.1 Å². The van der Waals surface area contributed by atoms with Crippen LogP contribution in [0.3, 0.4) is 0 Å². The molecule has 1 saturated heterocycles. The van der Waals surface area contributed by atoms with E-state index >= 15 is 0 Å². The van der Waals surface area contributed by atoms with Gasteiger partial charge in [-0.15, -0.1) is 11.6 Å². The molecule has 0 saturated carbocycles. The fourth-order valence-corrected chi connectivity index (χ4v) is 2.81. The number of halogens is 1. The van der Waals surface area contributed by atoms with Crippen LogP contribution in [-0.4, -0.2) is 38.0 Å². The third-order valence-electron chi connectivity index (χ3n) is 3.81. The van der Waals surface area contributed by atoms with E-state index in [2.05, 4.69) is 27.0 Å². The summed E-state index contributed by atoms with van der Waals surface area (Å²) in [5.74, 6) is 1.45. The van der Waals surface area contributed by atoms with E-state index in [0.29, 0.717) is 11.6 Å². The Bertz CT molecular complexity index is 626. The van der Waals surface area contributed by atoms with Gasteiger partial charge in [-0.25, -0.2) is 19.3 Å². The standard InChI is InChI=1S/C12H16ClN5O/c1-8(13)9-2-4-17(5-3-9)10-6-11-15-16-12(19)18(11)7-14-10/h6-9H,2-5H2,1H3,(H,16,19). The molecule has 0 bridgehead atoms. The largest absolute Gasteiger partial charge is 0.356 e. The van der Waals surface area contributed by atoms with Gasteiger partial charge in [-0.1, -0.05) is 0 Å². The van der Waals surface area contributed by atoms with Crippen molar-refractivity contribution < 1.29 is 0 Å². The van der Waals surface area contributed by atoms with Crippen molar-refractivity contribution in [3.8, 4) is 0 Å². The van der Waals surface area contributed by atoms with E-state index in [4.69, 9.17) is 11.6 Å². The van der Waals surface area contributed by atoms with Crippen molar-refractivity contribution in [2.45, 2.75) is 25.1 Å². The fourth-order valence-electron chi connectivity index (χ4n) is 2.56. The van der Waals surface area contributed by atoms with Crippen molar-refractivity contribution in [1.82, 2.24) is 19.6 Å². The molecule has 7 heteroatoms. The summed E-state index contributed by atoms with van der Waals surface area (Å²) < 4.78 is 1.40. The maximum atomic E-state index is 11.4. The molecule has 3 rings (SSSR count). The molecule has 3 heterocycles. The second-order valence-corrected chi connectivity index (χ2v) is 5.69. The minimum absolute atomic E-state index is 0.225. The van der Waals surface area contributed by atoms with E-state index in [0.717, 1.165) is 31.7 Å². The molecule has 1 fully saturated rings. The molecule has 1 aliphatic heterocycles. The molecular formula is C12H16ClN5O. The highest BCUT2D eigenvalue weighted by Gasteiger charge is 2.23. The highest BCUT2D eigenvalue weighted by atomic mass is 35.5. The zero-order valence-electron chi connectivity index (χ0n) is 10.7. The lowest BCUT2D eigenvalue weighted by molar-refractivity contribution is 0.398. The number of piperidine rings is 1. The molecule has 102 valence electrons. The van der Waals surface area contributed by atoms with Crippen LogP contribution in [0.1, 0.15) is 19.8 Å². The zero-order valence-corrected chi connectivity index (χ0v) is 11.5. The summed E-state index contributed by atoms with van der Waals surface area (Å²) in [6.07, 6.45) is 3.67. The molecule has 0 amide bonds. The van der Waals surface area contributed by atoms with Gasteiger partial charge in [0.1, 0.15) is 12.1 Å². The van der Waals surface area contributed by atoms with Crippen LogP contribution in [0.25, 0.3) is 5.65 Å². The summed E-state index contributed by atoms with van der Waals surface area (Å²) in [4.78, 5) is 17.9. The summed E-state index contributed by atoms with van der Waals surface area (Å²) >= 11 is 6.14. The fraction of sp³-hybridized carbons (Fsp3) is 0.583. The Morgan fingerprint density at radius 1 is 1.47 bits per heavy atom. The van der Waals surface area contributed by atoms with Crippen LogP contribution >= 0.6 is 11.6 Å². The number of rotatable bonds is 2. The summed E-state index contributed by atoms with van der Waals surface area (Å²) in [5.41, 5.74) is 0.339. The predicted molar refractivity (Wildman–Crippen MR) is 73.9 cm³/mol. The number of H-pyrrole nitrogens is 1. The maximum absolute atomic E-state index is 11.4. The van der Waals surface area contributed by atoms with Crippen molar-refractivity contribution in [1.29, 1.82) is 0 Å². The van der Waals surface area contributed by atoms with Crippen LogP contribution in [0.2, 0.25) is 0 Å². The molecule has 1 atom stereocenters. The first kappa shape index (κ1) is 12.5. The summed E-state index contributed by atoms with van der Waals surface area (Å²) in [7, 11) is 0. The second-order valence-electron chi connectivity index (χ2n) is 5.01. The number of nitrogens with zero attached hydrogens (tertiary/aromatic N) is 4. The molecule has 1 aliphatic rings. The van der Waals surface area contributed by atoms with E-state index in [1.54, 1.807) is 0 Å². The monoisotopic (exact) mass is 281 g/mol. The first-order chi connectivity index (χ1) is 9.15. The molecule has 0 aliphatic carbocycles.